The maximum Gasteiger partial charge on any atom is 0.296 e. The Hall–Kier alpha value is -4.59. The number of aromatic nitrogens is 2. The van der Waals surface area contributed by atoms with Gasteiger partial charge in [0.2, 0.25) is 0 Å². The van der Waals surface area contributed by atoms with Gasteiger partial charge in [0.05, 0.1) is 36.1 Å². The van der Waals surface area contributed by atoms with Crippen LogP contribution in [0.2, 0.25) is 0 Å². The number of hydrogen-bond donors (Lipinski definition) is 2. The molecule has 0 spiro atoms. The van der Waals surface area contributed by atoms with Crippen LogP contribution in [0.3, 0.4) is 0 Å². The average Bonchev–Trinajstić information content (AvgIpc) is 3.43. The first-order chi connectivity index (χ1) is 17.5. The molecule has 4 heterocycles. The zero-order chi connectivity index (χ0) is 24.8. The molecule has 0 bridgehead atoms. The Balaban J connectivity index is 1.53. The second-order valence-corrected chi connectivity index (χ2v) is 8.99. The van der Waals surface area contributed by atoms with E-state index in [2.05, 4.69) is 9.97 Å². The second-order valence-electron chi connectivity index (χ2n) is 8.99. The predicted molar refractivity (Wildman–Crippen MR) is 136 cm³/mol. The smallest absolute Gasteiger partial charge is 0.296 e. The first-order valence-corrected chi connectivity index (χ1v) is 11.8. The number of rotatable bonds is 4. The first kappa shape index (κ1) is 21.9. The van der Waals surface area contributed by atoms with Crippen LogP contribution in [0.5, 0.6) is 5.75 Å². The number of ether oxygens (including phenoxy) is 1. The quantitative estimate of drug-likeness (QED) is 0.260. The molecule has 1 amide bonds. The average molecular weight is 481 g/mol. The van der Waals surface area contributed by atoms with E-state index in [0.29, 0.717) is 30.2 Å². The van der Waals surface area contributed by atoms with Gasteiger partial charge in [-0.25, -0.2) is 0 Å². The Kier molecular flexibility index (Phi) is 5.21. The highest BCUT2D eigenvalue weighted by molar-refractivity contribution is 6.46. The molecule has 2 aromatic carbocycles. The molecule has 1 atom stereocenters. The lowest BCUT2D eigenvalue weighted by Gasteiger charge is -2.28. The number of aliphatic hydroxyl groups excluding tert-OH is 1. The van der Waals surface area contributed by atoms with Crippen molar-refractivity contribution in [3.63, 3.8) is 0 Å². The van der Waals surface area contributed by atoms with Crippen molar-refractivity contribution in [1.82, 2.24) is 14.9 Å². The molecular weight excluding hydrogens is 456 g/mol. The number of nitrogens with one attached hydrogen (secondary N) is 1. The molecule has 2 aliphatic rings. The third-order valence-corrected chi connectivity index (χ3v) is 6.84. The maximum absolute atomic E-state index is 13.4. The predicted octanol–water partition coefficient (Wildman–Crippen LogP) is 4.01. The molecule has 4 aromatic rings. The standard InChI is InChI=1S/C28H24N4O4/c1-31-12-13-36-23-10-9-17(14-22(23)31)26(33)24-25(20-15-30-21-8-3-2-7-19(20)21)32(28(35)27(24)34)16-18-6-4-5-11-29-18/h2-11,14-15,25,30,33H,12-13,16H2,1H3/b26-24+. The van der Waals surface area contributed by atoms with Crippen molar-refractivity contribution in [2.75, 3.05) is 25.1 Å². The summed E-state index contributed by atoms with van der Waals surface area (Å²) in [4.78, 5) is 37.9. The van der Waals surface area contributed by atoms with Crippen LogP contribution in [0.25, 0.3) is 16.7 Å². The molecule has 0 radical (unpaired) electrons. The zero-order valence-electron chi connectivity index (χ0n) is 19.6. The monoisotopic (exact) mass is 480 g/mol. The zero-order valence-corrected chi connectivity index (χ0v) is 19.6. The third-order valence-electron chi connectivity index (χ3n) is 6.84. The number of likely N-dealkylation sites (N-methyl/N-ethyl adjacent to an activating group) is 1. The summed E-state index contributed by atoms with van der Waals surface area (Å²) in [6.45, 7) is 1.42. The fourth-order valence-electron chi connectivity index (χ4n) is 5.01. The number of carbonyl (C=O) groups is 2. The molecule has 8 heteroatoms. The van der Waals surface area contributed by atoms with E-state index >= 15 is 0 Å². The van der Waals surface area contributed by atoms with Crippen LogP contribution in [0.1, 0.15) is 22.9 Å². The van der Waals surface area contributed by atoms with Crippen molar-refractivity contribution >= 4 is 34.0 Å². The number of carbonyl (C=O) groups excluding carboxylic acids is 2. The summed E-state index contributed by atoms with van der Waals surface area (Å²) in [5, 5.41) is 12.4. The lowest BCUT2D eigenvalue weighted by molar-refractivity contribution is -0.140. The summed E-state index contributed by atoms with van der Waals surface area (Å²) >= 11 is 0. The van der Waals surface area contributed by atoms with Crippen LogP contribution in [-0.4, -0.2) is 51.9 Å². The number of benzene rings is 2. The molecule has 6 rings (SSSR count). The minimum atomic E-state index is -0.784. The number of pyridine rings is 1. The molecule has 2 N–H and O–H groups in total. The summed E-state index contributed by atoms with van der Waals surface area (Å²) < 4.78 is 5.72. The van der Waals surface area contributed by atoms with Gasteiger partial charge in [0.1, 0.15) is 18.1 Å². The Morgan fingerprint density at radius 1 is 1.14 bits per heavy atom. The number of likely N-dealkylation sites (tertiary alicyclic amines) is 1. The largest absolute Gasteiger partial charge is 0.507 e. The van der Waals surface area contributed by atoms with Crippen LogP contribution >= 0.6 is 0 Å². The number of amides is 1. The van der Waals surface area contributed by atoms with E-state index in [1.165, 1.54) is 4.90 Å². The van der Waals surface area contributed by atoms with Crippen molar-refractivity contribution in [1.29, 1.82) is 0 Å². The molecule has 36 heavy (non-hydrogen) atoms. The number of hydrogen-bond acceptors (Lipinski definition) is 6. The number of anilines is 1. The molecule has 1 fully saturated rings. The van der Waals surface area contributed by atoms with Crippen molar-refractivity contribution in [2.45, 2.75) is 12.6 Å². The van der Waals surface area contributed by atoms with Crippen LogP contribution in [0, 0.1) is 0 Å². The Morgan fingerprint density at radius 3 is 2.81 bits per heavy atom. The summed E-state index contributed by atoms with van der Waals surface area (Å²) in [6.07, 6.45) is 3.45. The molecule has 1 unspecified atom stereocenters. The highest BCUT2D eigenvalue weighted by Crippen LogP contribution is 2.43. The molecule has 8 nitrogen and oxygen atoms in total. The number of nitrogens with zero attached hydrogens (tertiary/aromatic N) is 3. The molecule has 2 aromatic heterocycles. The summed E-state index contributed by atoms with van der Waals surface area (Å²) in [5.74, 6) is -0.894. The van der Waals surface area contributed by atoms with Crippen LogP contribution < -0.4 is 9.64 Å². The molecule has 180 valence electrons. The maximum atomic E-state index is 13.4. The second kappa shape index (κ2) is 8.57. The normalized spacial score (nSPS) is 19.0. The number of aromatic amines is 1. The van der Waals surface area contributed by atoms with Gasteiger partial charge >= 0.3 is 0 Å². The van der Waals surface area contributed by atoms with Crippen LogP contribution in [0.15, 0.2) is 78.6 Å². The first-order valence-electron chi connectivity index (χ1n) is 11.8. The van der Waals surface area contributed by atoms with Gasteiger partial charge in [-0.1, -0.05) is 24.3 Å². The van der Waals surface area contributed by atoms with Crippen molar-refractivity contribution < 1.29 is 19.4 Å². The van der Waals surface area contributed by atoms with Crippen molar-refractivity contribution in [2.24, 2.45) is 0 Å². The number of fused-ring (bicyclic) bond motifs is 2. The van der Waals surface area contributed by atoms with Gasteiger partial charge < -0.3 is 24.6 Å². The number of H-pyrrole nitrogens is 1. The van der Waals surface area contributed by atoms with E-state index in [0.717, 1.165) is 22.2 Å². The highest BCUT2D eigenvalue weighted by atomic mass is 16.5. The summed E-state index contributed by atoms with van der Waals surface area (Å²) in [7, 11) is 1.95. The van der Waals surface area contributed by atoms with Crippen LogP contribution in [-0.2, 0) is 16.1 Å². The van der Waals surface area contributed by atoms with Gasteiger partial charge in [0.15, 0.2) is 0 Å². The van der Waals surface area contributed by atoms with E-state index in [-0.39, 0.29) is 17.9 Å². The van der Waals surface area contributed by atoms with Crippen LogP contribution in [0.4, 0.5) is 5.69 Å². The van der Waals surface area contributed by atoms with Crippen molar-refractivity contribution in [3.8, 4) is 5.75 Å². The van der Waals surface area contributed by atoms with E-state index in [1.54, 1.807) is 36.7 Å². The molecule has 0 saturated carbocycles. The topological polar surface area (TPSA) is 98.8 Å². The van der Waals surface area contributed by atoms with Gasteiger partial charge in [0, 0.05) is 41.5 Å². The minimum absolute atomic E-state index is 0.0556. The Labute approximate surface area is 207 Å². The molecule has 1 saturated heterocycles. The fraction of sp³-hybridized carbons (Fsp3) is 0.179. The van der Waals surface area contributed by atoms with Gasteiger partial charge in [-0.3, -0.25) is 14.6 Å². The number of Topliss-reactive ketones (excluding diaryl/α,β-unsaturated/α-hetero) is 1. The van der Waals surface area contributed by atoms with E-state index in [9.17, 15) is 14.7 Å². The Morgan fingerprint density at radius 2 is 1.97 bits per heavy atom. The van der Waals surface area contributed by atoms with Gasteiger partial charge in [-0.05, 0) is 36.4 Å². The molecule has 0 aliphatic carbocycles. The highest BCUT2D eigenvalue weighted by Gasteiger charge is 2.47. The lowest BCUT2D eigenvalue weighted by Crippen LogP contribution is -2.29. The van der Waals surface area contributed by atoms with Gasteiger partial charge in [-0.15, -0.1) is 0 Å². The van der Waals surface area contributed by atoms with E-state index < -0.39 is 17.7 Å². The fourth-order valence-corrected chi connectivity index (χ4v) is 5.01. The number of para-hydroxylation sites is 1. The van der Waals surface area contributed by atoms with Gasteiger partial charge in [-0.2, -0.15) is 0 Å². The molecule has 2 aliphatic heterocycles. The molecular formula is C28H24N4O4. The SMILES string of the molecule is CN1CCOc2ccc(/C(O)=C3\C(=O)C(=O)N(Cc4ccccn4)C3c3c[nH]c4ccccc34)cc21. The lowest BCUT2D eigenvalue weighted by atomic mass is 9.94. The number of aliphatic hydroxyl groups is 1. The summed E-state index contributed by atoms with van der Waals surface area (Å²) in [5.41, 5.74) is 3.59. The Bertz CT molecular complexity index is 1530. The minimum Gasteiger partial charge on any atom is -0.507 e. The third kappa shape index (κ3) is 3.50. The number of ketones is 1. The van der Waals surface area contributed by atoms with E-state index in [4.69, 9.17) is 4.74 Å². The van der Waals surface area contributed by atoms with Gasteiger partial charge in [0.25, 0.3) is 11.7 Å². The summed E-state index contributed by atoms with van der Waals surface area (Å²) in [6, 6.07) is 17.6. The van der Waals surface area contributed by atoms with Crippen molar-refractivity contribution in [3.05, 3.63) is 95.5 Å². The van der Waals surface area contributed by atoms with E-state index in [1.807, 2.05) is 48.3 Å².